The molecule has 136 valence electrons. The average Bonchev–Trinajstić information content (AvgIpc) is 2.91. The molecule has 24 heavy (non-hydrogen) atoms. The molecule has 1 aliphatic heterocycles. The van der Waals surface area contributed by atoms with Crippen LogP contribution in [-0.2, 0) is 14.4 Å². The number of rotatable bonds is 10. The number of allylic oxidation sites excluding steroid dienone is 1. The molecule has 7 nitrogen and oxygen atoms in total. The van der Waals surface area contributed by atoms with E-state index in [-0.39, 0.29) is 18.9 Å². The van der Waals surface area contributed by atoms with Crippen molar-refractivity contribution in [3.63, 3.8) is 0 Å². The molecule has 1 heterocycles. The monoisotopic (exact) mass is 340 g/mol. The smallest absolute Gasteiger partial charge is 0.326 e. The molecule has 1 fully saturated rings. The van der Waals surface area contributed by atoms with Gasteiger partial charge in [0.05, 0.1) is 6.10 Å². The number of carboxylic acid groups (broad SMARTS) is 1. The molecule has 1 rings (SSSR count). The second-order valence-electron chi connectivity index (χ2n) is 6.26. The summed E-state index contributed by atoms with van der Waals surface area (Å²) in [5, 5.41) is 21.4. The highest BCUT2D eigenvalue weighted by Gasteiger charge is 2.38. The van der Waals surface area contributed by atoms with E-state index >= 15 is 0 Å². The van der Waals surface area contributed by atoms with E-state index in [1.165, 1.54) is 11.8 Å². The number of nitrogens with zero attached hydrogens (tertiary/aromatic N) is 1. The van der Waals surface area contributed by atoms with Crippen LogP contribution >= 0.6 is 0 Å². The number of hydrogen-bond acceptors (Lipinski definition) is 4. The molecule has 3 N–H and O–H groups in total. The van der Waals surface area contributed by atoms with Gasteiger partial charge in [0, 0.05) is 19.9 Å². The van der Waals surface area contributed by atoms with E-state index in [1.807, 2.05) is 6.08 Å². The van der Waals surface area contributed by atoms with Crippen molar-refractivity contribution in [1.82, 2.24) is 10.2 Å². The van der Waals surface area contributed by atoms with Gasteiger partial charge in [-0.1, -0.05) is 25.3 Å². The van der Waals surface area contributed by atoms with Gasteiger partial charge >= 0.3 is 5.97 Å². The number of likely N-dealkylation sites (tertiary alicyclic amines) is 1. The summed E-state index contributed by atoms with van der Waals surface area (Å²) in [5.74, 6) is -1.90. The normalized spacial score (nSPS) is 21.3. The molecule has 2 amide bonds. The molecule has 1 aliphatic rings. The minimum absolute atomic E-state index is 0.106. The first-order valence-corrected chi connectivity index (χ1v) is 8.46. The summed E-state index contributed by atoms with van der Waals surface area (Å²) in [4.78, 5) is 36.5. The predicted octanol–water partition coefficient (Wildman–Crippen LogP) is 1.06. The summed E-state index contributed by atoms with van der Waals surface area (Å²) in [7, 11) is 0. The van der Waals surface area contributed by atoms with Crippen molar-refractivity contribution in [1.29, 1.82) is 0 Å². The Bertz CT molecular complexity index is 466. The van der Waals surface area contributed by atoms with Gasteiger partial charge in [0.1, 0.15) is 12.1 Å². The standard InChI is InChI=1S/C17H28N2O5/c1-3-4-5-6-7-8-9-14(17(23)24)18-16(22)15-10-13(21)11-19(15)12(2)20/h3,13-15,21H,1,4-11H2,2H3,(H,18,22)(H,23,24)/t13-,14-,15+/m1/s1. The molecule has 0 bridgehead atoms. The number of carbonyl (C=O) groups excluding carboxylic acids is 2. The Morgan fingerprint density at radius 2 is 1.96 bits per heavy atom. The quantitative estimate of drug-likeness (QED) is 0.407. The molecule has 0 aromatic carbocycles. The van der Waals surface area contributed by atoms with Gasteiger partial charge in [-0.25, -0.2) is 4.79 Å². The van der Waals surface area contributed by atoms with Gasteiger partial charge in [-0.2, -0.15) is 0 Å². The Morgan fingerprint density at radius 3 is 2.54 bits per heavy atom. The van der Waals surface area contributed by atoms with Crippen molar-refractivity contribution in [3.05, 3.63) is 12.7 Å². The second kappa shape index (κ2) is 10.1. The van der Waals surface area contributed by atoms with Gasteiger partial charge in [0.15, 0.2) is 0 Å². The third kappa shape index (κ3) is 6.31. The second-order valence-corrected chi connectivity index (χ2v) is 6.26. The van der Waals surface area contributed by atoms with Gasteiger partial charge < -0.3 is 20.4 Å². The van der Waals surface area contributed by atoms with Crippen molar-refractivity contribution in [2.24, 2.45) is 0 Å². The zero-order chi connectivity index (χ0) is 18.1. The minimum atomic E-state index is -1.08. The SMILES string of the molecule is C=CCCCCCC[C@@H](NC(=O)[C@@H]1C[C@@H](O)CN1C(C)=O)C(=O)O. The lowest BCUT2D eigenvalue weighted by atomic mass is 10.1. The maximum Gasteiger partial charge on any atom is 0.326 e. The van der Waals surface area contributed by atoms with E-state index in [9.17, 15) is 24.6 Å². The molecule has 7 heteroatoms. The maximum absolute atomic E-state index is 12.3. The van der Waals surface area contributed by atoms with E-state index in [0.29, 0.717) is 12.8 Å². The molecule has 0 aromatic heterocycles. The lowest BCUT2D eigenvalue weighted by Crippen LogP contribution is -2.50. The van der Waals surface area contributed by atoms with E-state index in [0.717, 1.165) is 25.7 Å². The number of aliphatic carboxylic acids is 1. The summed E-state index contributed by atoms with van der Waals surface area (Å²) in [5.41, 5.74) is 0. The molecule has 0 radical (unpaired) electrons. The summed E-state index contributed by atoms with van der Waals surface area (Å²) in [6.07, 6.45) is 6.18. The molecular formula is C17H28N2O5. The molecular weight excluding hydrogens is 312 g/mol. The first-order valence-electron chi connectivity index (χ1n) is 8.46. The topological polar surface area (TPSA) is 107 Å². The molecule has 0 aromatic rings. The van der Waals surface area contributed by atoms with Crippen LogP contribution in [0.5, 0.6) is 0 Å². The van der Waals surface area contributed by atoms with Gasteiger partial charge in [0.25, 0.3) is 0 Å². The minimum Gasteiger partial charge on any atom is -0.480 e. The largest absolute Gasteiger partial charge is 0.480 e. The lowest BCUT2D eigenvalue weighted by Gasteiger charge is -2.24. The van der Waals surface area contributed by atoms with Crippen LogP contribution < -0.4 is 5.32 Å². The zero-order valence-electron chi connectivity index (χ0n) is 14.2. The highest BCUT2D eigenvalue weighted by atomic mass is 16.4. The highest BCUT2D eigenvalue weighted by molar-refractivity contribution is 5.90. The summed E-state index contributed by atoms with van der Waals surface area (Å²) in [6, 6.07) is -1.77. The van der Waals surface area contributed by atoms with Crippen LogP contribution in [0.4, 0.5) is 0 Å². The molecule has 0 saturated carbocycles. The van der Waals surface area contributed by atoms with Crippen LogP contribution in [0.25, 0.3) is 0 Å². The van der Waals surface area contributed by atoms with E-state index in [2.05, 4.69) is 11.9 Å². The fourth-order valence-electron chi connectivity index (χ4n) is 2.93. The lowest BCUT2D eigenvalue weighted by molar-refractivity contribution is -0.143. The highest BCUT2D eigenvalue weighted by Crippen LogP contribution is 2.18. The number of carboxylic acids is 1. The maximum atomic E-state index is 12.3. The third-order valence-corrected chi connectivity index (χ3v) is 4.25. The first-order chi connectivity index (χ1) is 11.4. The van der Waals surface area contributed by atoms with Gasteiger partial charge in [-0.05, 0) is 19.3 Å². The van der Waals surface area contributed by atoms with Crippen molar-refractivity contribution in [2.75, 3.05) is 6.54 Å². The van der Waals surface area contributed by atoms with Crippen LogP contribution in [0.1, 0.15) is 51.9 Å². The van der Waals surface area contributed by atoms with E-state index < -0.39 is 30.1 Å². The predicted molar refractivity (Wildman–Crippen MR) is 89.3 cm³/mol. The van der Waals surface area contributed by atoms with Crippen LogP contribution in [0, 0.1) is 0 Å². The molecule has 0 aliphatic carbocycles. The molecule has 0 unspecified atom stereocenters. The number of β-amino-alcohol motifs (C(OH)–C–C–N with tert-alkyl or cyclic N) is 1. The Kier molecular flexibility index (Phi) is 8.46. The Balaban J connectivity index is 2.49. The van der Waals surface area contributed by atoms with Crippen molar-refractivity contribution in [3.8, 4) is 0 Å². The zero-order valence-corrected chi connectivity index (χ0v) is 14.2. The van der Waals surface area contributed by atoms with Gasteiger partial charge in [0.2, 0.25) is 11.8 Å². The summed E-state index contributed by atoms with van der Waals surface area (Å²) >= 11 is 0. The Morgan fingerprint density at radius 1 is 1.29 bits per heavy atom. The van der Waals surface area contributed by atoms with Crippen molar-refractivity contribution < 1.29 is 24.6 Å². The number of hydrogen-bond donors (Lipinski definition) is 3. The third-order valence-electron chi connectivity index (χ3n) is 4.25. The first kappa shape index (κ1) is 20.2. The number of unbranched alkanes of at least 4 members (excludes halogenated alkanes) is 4. The van der Waals surface area contributed by atoms with Crippen LogP contribution in [-0.4, -0.2) is 57.6 Å². The molecule has 1 saturated heterocycles. The number of aliphatic hydroxyl groups excluding tert-OH is 1. The number of aliphatic hydroxyl groups is 1. The van der Waals surface area contributed by atoms with Gasteiger partial charge in [-0.15, -0.1) is 6.58 Å². The number of amides is 2. The fourth-order valence-corrected chi connectivity index (χ4v) is 2.93. The molecule has 0 spiro atoms. The van der Waals surface area contributed by atoms with Crippen molar-refractivity contribution >= 4 is 17.8 Å². The Labute approximate surface area is 142 Å². The van der Waals surface area contributed by atoms with Crippen LogP contribution in [0.2, 0.25) is 0 Å². The number of nitrogens with one attached hydrogen (secondary N) is 1. The van der Waals surface area contributed by atoms with Crippen LogP contribution in [0.3, 0.4) is 0 Å². The van der Waals surface area contributed by atoms with Gasteiger partial charge in [-0.3, -0.25) is 9.59 Å². The van der Waals surface area contributed by atoms with Crippen LogP contribution in [0.15, 0.2) is 12.7 Å². The average molecular weight is 340 g/mol. The van der Waals surface area contributed by atoms with E-state index in [4.69, 9.17) is 0 Å². The molecule has 3 atom stereocenters. The number of carbonyl (C=O) groups is 3. The van der Waals surface area contributed by atoms with Crippen molar-refractivity contribution in [2.45, 2.75) is 70.1 Å². The Hall–Kier alpha value is -1.89. The summed E-state index contributed by atoms with van der Waals surface area (Å²) in [6.45, 7) is 5.09. The fraction of sp³-hybridized carbons (Fsp3) is 0.706. The van der Waals surface area contributed by atoms with E-state index in [1.54, 1.807) is 0 Å². The summed E-state index contributed by atoms with van der Waals surface area (Å²) < 4.78 is 0.